The quantitative estimate of drug-likeness (QED) is 0.802. The van der Waals surface area contributed by atoms with Gasteiger partial charge < -0.3 is 15.1 Å². The van der Waals surface area contributed by atoms with Crippen LogP contribution in [0, 0.1) is 11.7 Å². The van der Waals surface area contributed by atoms with Crippen LogP contribution in [0.4, 0.5) is 15.8 Å². The second-order valence-corrected chi connectivity index (χ2v) is 8.25. The van der Waals surface area contributed by atoms with Gasteiger partial charge in [-0.3, -0.25) is 14.5 Å². The number of hydrogen-bond acceptors (Lipinski definition) is 4. The largest absolute Gasteiger partial charge is 0.366 e. The van der Waals surface area contributed by atoms with Gasteiger partial charge in [0, 0.05) is 38.4 Å². The molecule has 0 unspecified atom stereocenters. The van der Waals surface area contributed by atoms with Crippen LogP contribution in [0.25, 0.3) is 0 Å². The van der Waals surface area contributed by atoms with Crippen LogP contribution in [0.3, 0.4) is 0 Å². The summed E-state index contributed by atoms with van der Waals surface area (Å²) < 4.78 is 14.0. The number of carbonyl (C=O) groups is 2. The predicted octanol–water partition coefficient (Wildman–Crippen LogP) is 2.83. The zero-order valence-corrected chi connectivity index (χ0v) is 17.7. The Balaban J connectivity index is 1.26. The molecule has 0 aromatic heterocycles. The van der Waals surface area contributed by atoms with Gasteiger partial charge in [-0.15, -0.1) is 0 Å². The van der Waals surface area contributed by atoms with E-state index in [2.05, 4.69) is 10.2 Å². The Morgan fingerprint density at radius 1 is 0.935 bits per heavy atom. The second-order valence-electron chi connectivity index (χ2n) is 8.25. The van der Waals surface area contributed by atoms with Crippen LogP contribution in [0.5, 0.6) is 0 Å². The summed E-state index contributed by atoms with van der Waals surface area (Å²) in [7, 11) is 0. The molecule has 2 aliphatic heterocycles. The molecule has 1 N–H and O–H groups in total. The highest BCUT2D eigenvalue weighted by atomic mass is 19.1. The maximum Gasteiger partial charge on any atom is 0.236 e. The Bertz CT molecular complexity index is 899. The number of carbonyl (C=O) groups excluding carboxylic acids is 2. The van der Waals surface area contributed by atoms with Gasteiger partial charge in [0.1, 0.15) is 5.82 Å². The number of benzene rings is 2. The van der Waals surface area contributed by atoms with Crippen molar-refractivity contribution < 1.29 is 14.0 Å². The van der Waals surface area contributed by atoms with Gasteiger partial charge in [0.2, 0.25) is 11.8 Å². The van der Waals surface area contributed by atoms with Crippen LogP contribution in [0.1, 0.15) is 12.8 Å². The lowest BCUT2D eigenvalue weighted by Gasteiger charge is -2.38. The molecule has 164 valence electrons. The molecule has 2 aromatic carbocycles. The molecule has 0 saturated carbocycles. The van der Waals surface area contributed by atoms with Crippen LogP contribution in [-0.2, 0) is 9.59 Å². The molecule has 6 nitrogen and oxygen atoms in total. The van der Waals surface area contributed by atoms with E-state index in [1.165, 1.54) is 6.07 Å². The summed E-state index contributed by atoms with van der Waals surface area (Å²) in [5.74, 6) is -0.241. The minimum absolute atomic E-state index is 0.0156. The number of para-hydroxylation sites is 2. The number of rotatable bonds is 5. The normalized spacial score (nSPS) is 19.8. The summed E-state index contributed by atoms with van der Waals surface area (Å²) in [4.78, 5) is 31.4. The Hall–Kier alpha value is -2.93. The molecule has 0 bridgehead atoms. The third-order valence-electron chi connectivity index (χ3n) is 6.10. The number of piperidine rings is 1. The van der Waals surface area contributed by atoms with Crippen molar-refractivity contribution in [3.05, 3.63) is 60.4 Å². The Morgan fingerprint density at radius 3 is 2.39 bits per heavy atom. The Morgan fingerprint density at radius 2 is 1.65 bits per heavy atom. The zero-order valence-electron chi connectivity index (χ0n) is 17.7. The standard InChI is InChI=1S/C24H29FN4O2/c25-21-10-4-5-11-22(21)28-13-15-29(16-14-28)23(30)18-27-12-6-7-19(17-27)24(31)26-20-8-2-1-3-9-20/h1-5,8-11,19H,6-7,12-18H2,(H,26,31)/t19-/m0/s1. The molecule has 2 amide bonds. The summed E-state index contributed by atoms with van der Waals surface area (Å²) >= 11 is 0. The molecule has 2 heterocycles. The van der Waals surface area contributed by atoms with Crippen LogP contribution in [0.15, 0.2) is 54.6 Å². The SMILES string of the molecule is O=C(Nc1ccccc1)[C@H]1CCCN(CC(=O)N2CCN(c3ccccc3F)CC2)C1. The fraction of sp³-hybridized carbons (Fsp3) is 0.417. The summed E-state index contributed by atoms with van der Waals surface area (Å²) in [5, 5.41) is 2.98. The maximum absolute atomic E-state index is 14.0. The van der Waals surface area contributed by atoms with Crippen LogP contribution < -0.4 is 10.2 Å². The highest BCUT2D eigenvalue weighted by molar-refractivity contribution is 5.92. The average molecular weight is 425 g/mol. The lowest BCUT2D eigenvalue weighted by molar-refractivity contribution is -0.134. The highest BCUT2D eigenvalue weighted by Crippen LogP contribution is 2.21. The fourth-order valence-corrected chi connectivity index (χ4v) is 4.38. The number of likely N-dealkylation sites (tertiary alicyclic amines) is 1. The van der Waals surface area contributed by atoms with Crippen molar-refractivity contribution in [2.75, 3.05) is 56.0 Å². The van der Waals surface area contributed by atoms with Gasteiger partial charge in [-0.25, -0.2) is 4.39 Å². The first kappa shape index (κ1) is 21.3. The second kappa shape index (κ2) is 9.92. The van der Waals surface area contributed by atoms with Crippen molar-refractivity contribution in [1.29, 1.82) is 0 Å². The van der Waals surface area contributed by atoms with Gasteiger partial charge in [0.15, 0.2) is 0 Å². The topological polar surface area (TPSA) is 55.9 Å². The first-order valence-electron chi connectivity index (χ1n) is 11.0. The van der Waals surface area contributed by atoms with Crippen LogP contribution in [0.2, 0.25) is 0 Å². The molecule has 2 saturated heterocycles. The smallest absolute Gasteiger partial charge is 0.236 e. The first-order valence-corrected chi connectivity index (χ1v) is 11.0. The predicted molar refractivity (Wildman–Crippen MR) is 119 cm³/mol. The maximum atomic E-state index is 14.0. The van der Waals surface area contributed by atoms with E-state index in [0.29, 0.717) is 45.0 Å². The lowest BCUT2D eigenvalue weighted by atomic mass is 9.97. The van der Waals surface area contributed by atoms with Gasteiger partial charge in [0.05, 0.1) is 18.2 Å². The van der Waals surface area contributed by atoms with Crippen LogP contribution >= 0.6 is 0 Å². The van der Waals surface area contributed by atoms with E-state index in [9.17, 15) is 14.0 Å². The number of piperazine rings is 1. The molecule has 1 atom stereocenters. The molecule has 4 rings (SSSR count). The van der Waals surface area contributed by atoms with Gasteiger partial charge in [-0.2, -0.15) is 0 Å². The zero-order chi connectivity index (χ0) is 21.6. The molecule has 2 aromatic rings. The van der Waals surface area contributed by atoms with Crippen molar-refractivity contribution in [2.24, 2.45) is 5.92 Å². The molecule has 0 spiro atoms. The van der Waals surface area contributed by atoms with Gasteiger partial charge in [-0.1, -0.05) is 30.3 Å². The molecule has 0 aliphatic carbocycles. The molecular formula is C24H29FN4O2. The summed E-state index contributed by atoms with van der Waals surface area (Å²) in [5.41, 5.74) is 1.39. The summed E-state index contributed by atoms with van der Waals surface area (Å²) in [6, 6.07) is 16.2. The van der Waals surface area contributed by atoms with Crippen molar-refractivity contribution in [3.63, 3.8) is 0 Å². The third kappa shape index (κ3) is 5.41. The van der Waals surface area contributed by atoms with Crippen molar-refractivity contribution in [1.82, 2.24) is 9.80 Å². The minimum atomic E-state index is -0.226. The number of hydrogen-bond donors (Lipinski definition) is 1. The lowest BCUT2D eigenvalue weighted by Crippen LogP contribution is -2.52. The van der Waals surface area contributed by atoms with E-state index in [-0.39, 0.29) is 23.5 Å². The Kier molecular flexibility index (Phi) is 6.82. The van der Waals surface area contributed by atoms with Crippen molar-refractivity contribution in [3.8, 4) is 0 Å². The van der Waals surface area contributed by atoms with Gasteiger partial charge >= 0.3 is 0 Å². The summed E-state index contributed by atoms with van der Waals surface area (Å²) in [6.07, 6.45) is 1.74. The van der Waals surface area contributed by atoms with Gasteiger partial charge in [0.25, 0.3) is 0 Å². The van der Waals surface area contributed by atoms with E-state index in [4.69, 9.17) is 0 Å². The molecule has 2 fully saturated rings. The average Bonchev–Trinajstić information content (AvgIpc) is 2.80. The summed E-state index contributed by atoms with van der Waals surface area (Å²) in [6.45, 7) is 4.16. The highest BCUT2D eigenvalue weighted by Gasteiger charge is 2.29. The van der Waals surface area contributed by atoms with Gasteiger partial charge in [-0.05, 0) is 43.7 Å². The molecule has 2 aliphatic rings. The molecule has 31 heavy (non-hydrogen) atoms. The first-order chi connectivity index (χ1) is 15.1. The number of halogens is 1. The van der Waals surface area contributed by atoms with Crippen molar-refractivity contribution >= 4 is 23.2 Å². The molecule has 0 radical (unpaired) electrons. The van der Waals surface area contributed by atoms with Crippen molar-refractivity contribution in [2.45, 2.75) is 12.8 Å². The van der Waals surface area contributed by atoms with E-state index >= 15 is 0 Å². The fourth-order valence-electron chi connectivity index (χ4n) is 4.38. The van der Waals surface area contributed by atoms with E-state index < -0.39 is 0 Å². The number of nitrogens with zero attached hydrogens (tertiary/aromatic N) is 3. The molecule has 7 heteroatoms. The number of nitrogens with one attached hydrogen (secondary N) is 1. The van der Waals surface area contributed by atoms with E-state index in [1.807, 2.05) is 46.2 Å². The van der Waals surface area contributed by atoms with E-state index in [0.717, 1.165) is 25.1 Å². The number of amides is 2. The van der Waals surface area contributed by atoms with Crippen LogP contribution in [-0.4, -0.2) is 67.4 Å². The minimum Gasteiger partial charge on any atom is -0.366 e. The Labute approximate surface area is 182 Å². The third-order valence-corrected chi connectivity index (χ3v) is 6.10. The number of anilines is 2. The van der Waals surface area contributed by atoms with E-state index in [1.54, 1.807) is 12.1 Å². The molecular weight excluding hydrogens is 395 g/mol. The monoisotopic (exact) mass is 424 g/mol.